The second-order valence-corrected chi connectivity index (χ2v) is 9.88. The third kappa shape index (κ3) is 7.64. The van der Waals surface area contributed by atoms with Gasteiger partial charge in [-0.3, -0.25) is 30.1 Å². The number of thioether (sulfide) groups is 1. The van der Waals surface area contributed by atoms with Gasteiger partial charge in [-0.25, -0.2) is 4.79 Å². The van der Waals surface area contributed by atoms with Gasteiger partial charge in [0.15, 0.2) is 0 Å². The normalized spacial score (nSPS) is 14.2. The van der Waals surface area contributed by atoms with Crippen LogP contribution in [0.4, 0.5) is 0 Å². The molecule has 188 valence electrons. The third-order valence-corrected chi connectivity index (χ3v) is 6.80. The zero-order valence-electron chi connectivity index (χ0n) is 19.4. The molecule has 1 aliphatic heterocycles. The van der Waals surface area contributed by atoms with E-state index in [0.29, 0.717) is 51.2 Å². The number of hydrogen-bond donors (Lipinski definition) is 2. The van der Waals surface area contributed by atoms with Gasteiger partial charge in [0.05, 0.1) is 17.6 Å². The number of carbonyl (C=O) groups excluding carboxylic acids is 4. The summed E-state index contributed by atoms with van der Waals surface area (Å²) in [5.74, 6) is -1.35. The molecule has 0 unspecified atom stereocenters. The van der Waals surface area contributed by atoms with Crippen LogP contribution in [0.2, 0.25) is 5.02 Å². The van der Waals surface area contributed by atoms with Crippen LogP contribution in [0.25, 0.3) is 6.08 Å². The number of unbranched alkanes of at least 4 members (excludes halogenated alkanes) is 2. The summed E-state index contributed by atoms with van der Waals surface area (Å²) in [4.78, 5) is 50.4. The number of ether oxygens (including phenoxy) is 1. The molecule has 0 aliphatic carbocycles. The first-order chi connectivity index (χ1) is 17.3. The molecule has 2 aromatic carbocycles. The van der Waals surface area contributed by atoms with Crippen LogP contribution < -0.4 is 10.9 Å². The maximum absolute atomic E-state index is 12.8. The number of nitrogens with zero attached hydrogens (tertiary/aromatic N) is 1. The Kier molecular flexibility index (Phi) is 10.0. The van der Waals surface area contributed by atoms with Crippen LogP contribution in [-0.4, -0.2) is 46.6 Å². The van der Waals surface area contributed by atoms with E-state index < -0.39 is 11.9 Å². The minimum absolute atomic E-state index is 0.163. The Morgan fingerprint density at radius 1 is 1.06 bits per heavy atom. The van der Waals surface area contributed by atoms with Gasteiger partial charge in [-0.2, -0.15) is 0 Å². The molecule has 0 bridgehead atoms. The highest BCUT2D eigenvalue weighted by Gasteiger charge is 2.31. The molecule has 3 rings (SSSR count). The lowest BCUT2D eigenvalue weighted by atomic mass is 10.1. The number of methoxy groups -OCH3 is 1. The number of amides is 3. The molecule has 0 atom stereocenters. The number of nitrogens with one attached hydrogen (secondary N) is 2. The number of esters is 1. The average molecular weight is 546 g/mol. The first-order valence-corrected chi connectivity index (χ1v) is 12.7. The molecule has 36 heavy (non-hydrogen) atoms. The summed E-state index contributed by atoms with van der Waals surface area (Å²) in [6.45, 7) is 0.455. The second-order valence-electron chi connectivity index (χ2n) is 7.77. The third-order valence-electron chi connectivity index (χ3n) is 5.19. The molecule has 1 aliphatic rings. The summed E-state index contributed by atoms with van der Waals surface area (Å²) in [5, 5.41) is 0.431. The average Bonchev–Trinajstić information content (AvgIpc) is 3.14. The lowest BCUT2D eigenvalue weighted by molar-refractivity contribution is -0.123. The number of benzene rings is 2. The van der Waals surface area contributed by atoms with Gasteiger partial charge in [-0.1, -0.05) is 60.2 Å². The molecule has 0 saturated carbocycles. The summed E-state index contributed by atoms with van der Waals surface area (Å²) >= 11 is 12.5. The van der Waals surface area contributed by atoms with Crippen LogP contribution in [0.1, 0.15) is 52.0 Å². The maximum Gasteiger partial charge on any atom is 0.337 e. The molecule has 1 fully saturated rings. The Labute approximate surface area is 223 Å². The van der Waals surface area contributed by atoms with E-state index in [0.717, 1.165) is 5.56 Å². The van der Waals surface area contributed by atoms with Crippen LogP contribution in [0.5, 0.6) is 0 Å². The minimum atomic E-state index is -0.451. The van der Waals surface area contributed by atoms with Crippen molar-refractivity contribution in [2.24, 2.45) is 0 Å². The predicted octanol–water partition coefficient (Wildman–Crippen LogP) is 4.35. The summed E-state index contributed by atoms with van der Waals surface area (Å²) in [6.07, 6.45) is 3.95. The highest BCUT2D eigenvalue weighted by Crippen LogP contribution is 2.32. The van der Waals surface area contributed by atoms with Gasteiger partial charge in [0, 0.05) is 23.6 Å². The van der Waals surface area contributed by atoms with Crippen molar-refractivity contribution in [3.05, 3.63) is 75.1 Å². The van der Waals surface area contributed by atoms with Crippen LogP contribution in [0, 0.1) is 0 Å². The summed E-state index contributed by atoms with van der Waals surface area (Å²) in [7, 11) is 1.32. The van der Waals surface area contributed by atoms with E-state index in [2.05, 4.69) is 15.6 Å². The van der Waals surface area contributed by atoms with Crippen molar-refractivity contribution in [1.82, 2.24) is 15.8 Å². The van der Waals surface area contributed by atoms with E-state index in [1.54, 1.807) is 53.4 Å². The molecule has 11 heteroatoms. The fourth-order valence-corrected chi connectivity index (χ4v) is 4.80. The van der Waals surface area contributed by atoms with E-state index in [-0.39, 0.29) is 18.2 Å². The standard InChI is InChI=1S/C25H24ClN3O5S2/c1-34-24(33)17-11-9-16(10-12-17)14-20-23(32)29(25(35)36-20)13-4-2-3-8-21(30)27-28-22(31)18-6-5-7-19(26)15-18/h5-7,9-12,14-15H,2-4,8,13H2,1H3,(H,27,30)(H,28,31). The quantitative estimate of drug-likeness (QED) is 0.159. The number of carbonyl (C=O) groups is 4. The molecular formula is C25H24ClN3O5S2. The van der Waals surface area contributed by atoms with Crippen LogP contribution in [0.15, 0.2) is 53.4 Å². The largest absolute Gasteiger partial charge is 0.465 e. The number of rotatable bonds is 9. The topological polar surface area (TPSA) is 105 Å². The van der Waals surface area contributed by atoms with E-state index in [1.165, 1.54) is 24.9 Å². The van der Waals surface area contributed by atoms with Gasteiger partial charge in [-0.05, 0) is 54.8 Å². The molecule has 3 amide bonds. The highest BCUT2D eigenvalue weighted by molar-refractivity contribution is 8.26. The number of hydrogen-bond acceptors (Lipinski definition) is 7. The van der Waals surface area contributed by atoms with Gasteiger partial charge in [0.25, 0.3) is 11.8 Å². The molecule has 2 N–H and O–H groups in total. The molecule has 0 aromatic heterocycles. The number of thiocarbonyl (C=S) groups is 1. The molecule has 0 spiro atoms. The van der Waals surface area contributed by atoms with Gasteiger partial charge >= 0.3 is 5.97 Å². The summed E-state index contributed by atoms with van der Waals surface area (Å²) in [5.41, 5.74) is 6.30. The van der Waals surface area contributed by atoms with Crippen LogP contribution >= 0.6 is 35.6 Å². The van der Waals surface area contributed by atoms with Crippen molar-refractivity contribution in [3.63, 3.8) is 0 Å². The van der Waals surface area contributed by atoms with Crippen molar-refractivity contribution in [3.8, 4) is 0 Å². The van der Waals surface area contributed by atoms with Crippen molar-refractivity contribution in [2.45, 2.75) is 25.7 Å². The molecular weight excluding hydrogens is 522 g/mol. The van der Waals surface area contributed by atoms with Crippen molar-refractivity contribution in [1.29, 1.82) is 0 Å². The molecule has 8 nitrogen and oxygen atoms in total. The number of hydrazine groups is 1. The van der Waals surface area contributed by atoms with Crippen LogP contribution in [-0.2, 0) is 14.3 Å². The summed E-state index contributed by atoms with van der Waals surface area (Å²) < 4.78 is 5.17. The smallest absolute Gasteiger partial charge is 0.337 e. The predicted molar refractivity (Wildman–Crippen MR) is 143 cm³/mol. The fourth-order valence-electron chi connectivity index (χ4n) is 3.30. The van der Waals surface area contributed by atoms with Gasteiger partial charge in [0.2, 0.25) is 5.91 Å². The molecule has 1 saturated heterocycles. The van der Waals surface area contributed by atoms with Crippen molar-refractivity contribution in [2.75, 3.05) is 13.7 Å². The lowest BCUT2D eigenvalue weighted by Crippen LogP contribution is -2.41. The lowest BCUT2D eigenvalue weighted by Gasteiger charge is -2.14. The zero-order chi connectivity index (χ0) is 26.1. The fraction of sp³-hybridized carbons (Fsp3) is 0.240. The van der Waals surface area contributed by atoms with Crippen molar-refractivity contribution < 1.29 is 23.9 Å². The second kappa shape index (κ2) is 13.2. The Balaban J connectivity index is 1.38. The highest BCUT2D eigenvalue weighted by atomic mass is 35.5. The van der Waals surface area contributed by atoms with E-state index >= 15 is 0 Å². The van der Waals surface area contributed by atoms with E-state index in [9.17, 15) is 19.2 Å². The van der Waals surface area contributed by atoms with E-state index in [1.807, 2.05) is 0 Å². The maximum atomic E-state index is 12.8. The Morgan fingerprint density at radius 3 is 2.50 bits per heavy atom. The van der Waals surface area contributed by atoms with Gasteiger partial charge in [0.1, 0.15) is 4.32 Å². The minimum Gasteiger partial charge on any atom is -0.465 e. The molecule has 2 aromatic rings. The Bertz CT molecular complexity index is 1200. The van der Waals surface area contributed by atoms with E-state index in [4.69, 9.17) is 23.8 Å². The molecule has 0 radical (unpaired) electrons. The van der Waals surface area contributed by atoms with Gasteiger partial charge in [-0.15, -0.1) is 0 Å². The van der Waals surface area contributed by atoms with Crippen LogP contribution in [0.3, 0.4) is 0 Å². The zero-order valence-corrected chi connectivity index (χ0v) is 21.8. The Hall–Kier alpha value is -3.21. The number of halogens is 1. The molecule has 1 heterocycles. The SMILES string of the molecule is COC(=O)c1ccc(C=C2SC(=S)N(CCCCCC(=O)NNC(=O)c3cccc(Cl)c3)C2=O)cc1. The first-order valence-electron chi connectivity index (χ1n) is 11.1. The van der Waals surface area contributed by atoms with Gasteiger partial charge < -0.3 is 4.74 Å². The first kappa shape index (κ1) is 27.4. The van der Waals surface area contributed by atoms with Crippen molar-refractivity contribution >= 4 is 69.7 Å². The Morgan fingerprint density at radius 2 is 1.81 bits per heavy atom. The summed E-state index contributed by atoms with van der Waals surface area (Å²) in [6, 6.07) is 13.2. The monoisotopic (exact) mass is 545 g/mol.